The van der Waals surface area contributed by atoms with E-state index in [0.717, 1.165) is 0 Å². The smallest absolute Gasteiger partial charge is 0.312 e. The number of carbonyl (C=O) groups is 4. The van der Waals surface area contributed by atoms with Crippen molar-refractivity contribution in [2.45, 2.75) is 94.6 Å². The minimum atomic E-state index is -1.25. The number of rotatable bonds is 14. The summed E-state index contributed by atoms with van der Waals surface area (Å²) in [7, 11) is 0. The summed E-state index contributed by atoms with van der Waals surface area (Å²) in [6, 6.07) is -1.83. The number of aliphatic hydroxyl groups is 1. The molecule has 0 aromatic carbocycles. The number of esters is 1. The Bertz CT molecular complexity index is 1000. The lowest BCUT2D eigenvalue weighted by Gasteiger charge is -2.41. The van der Waals surface area contributed by atoms with Crippen LogP contribution in [0.2, 0.25) is 0 Å². The zero-order valence-electron chi connectivity index (χ0n) is 24.2. The van der Waals surface area contributed by atoms with Crippen molar-refractivity contribution in [1.82, 2.24) is 15.1 Å². The third-order valence-corrected chi connectivity index (χ3v) is 9.10. The van der Waals surface area contributed by atoms with Gasteiger partial charge in [-0.25, -0.2) is 0 Å². The zero-order valence-corrected chi connectivity index (χ0v) is 25.8. The molecule has 3 aliphatic heterocycles. The average Bonchev–Trinajstić information content (AvgIpc) is 3.48. The predicted molar refractivity (Wildman–Crippen MR) is 153 cm³/mol. The van der Waals surface area contributed by atoms with Gasteiger partial charge >= 0.3 is 5.97 Å². The molecule has 0 aromatic rings. The number of aliphatic hydroxyl groups excluding tert-OH is 1. The van der Waals surface area contributed by atoms with Gasteiger partial charge in [0.25, 0.3) is 0 Å². The number of ether oxygens (including phenoxy) is 2. The molecule has 2 N–H and O–H groups in total. The monoisotopic (exact) mass is 625 g/mol. The maximum atomic E-state index is 14.2. The minimum absolute atomic E-state index is 0.125. The van der Waals surface area contributed by atoms with E-state index < -0.39 is 47.7 Å². The van der Waals surface area contributed by atoms with Crippen LogP contribution in [0.5, 0.6) is 0 Å². The number of carbonyl (C=O) groups excluding carboxylic acids is 4. The van der Waals surface area contributed by atoms with Crippen LogP contribution in [-0.4, -0.2) is 99.1 Å². The van der Waals surface area contributed by atoms with Crippen LogP contribution >= 0.6 is 15.9 Å². The number of amides is 3. The van der Waals surface area contributed by atoms with Crippen molar-refractivity contribution in [2.24, 2.45) is 17.8 Å². The van der Waals surface area contributed by atoms with Crippen LogP contribution in [0.25, 0.3) is 0 Å². The first kappa shape index (κ1) is 32.3. The van der Waals surface area contributed by atoms with Crippen molar-refractivity contribution >= 4 is 39.6 Å². The van der Waals surface area contributed by atoms with Gasteiger partial charge in [-0.05, 0) is 39.5 Å². The number of hydrogen-bond acceptors (Lipinski definition) is 7. The summed E-state index contributed by atoms with van der Waals surface area (Å²) in [5, 5.41) is 13.1. The van der Waals surface area contributed by atoms with E-state index in [1.807, 2.05) is 27.7 Å². The molecule has 1 unspecified atom stereocenters. The summed E-state index contributed by atoms with van der Waals surface area (Å²) >= 11 is 3.65. The summed E-state index contributed by atoms with van der Waals surface area (Å²) in [6.45, 7) is 16.7. The maximum absolute atomic E-state index is 14.2. The van der Waals surface area contributed by atoms with Gasteiger partial charge in [-0.15, -0.1) is 13.2 Å². The maximum Gasteiger partial charge on any atom is 0.312 e. The molecule has 11 heteroatoms. The molecule has 0 aromatic heterocycles. The molecule has 0 saturated carbocycles. The highest BCUT2D eigenvalue weighted by atomic mass is 79.9. The van der Waals surface area contributed by atoms with Gasteiger partial charge in [0.1, 0.15) is 17.7 Å². The van der Waals surface area contributed by atoms with Gasteiger partial charge in [0.05, 0.1) is 37.1 Å². The first-order valence-corrected chi connectivity index (χ1v) is 15.0. The van der Waals surface area contributed by atoms with E-state index in [1.165, 1.54) is 4.90 Å². The molecule has 2 bridgehead atoms. The van der Waals surface area contributed by atoms with Gasteiger partial charge in [0.2, 0.25) is 17.7 Å². The SMILES string of the molecule is C=CCCC(=O)NC[C@@H](C)OC(=O)[C@H]1[C@@H]2O[C@@]3(CC2Br)[C@@H]1C(=O)N([C@@H](CO)C(C)C)[C@@H]3C(=O)N(CC=C)C(C)C. The van der Waals surface area contributed by atoms with E-state index in [2.05, 4.69) is 34.4 Å². The summed E-state index contributed by atoms with van der Waals surface area (Å²) < 4.78 is 12.3. The quantitative estimate of drug-likeness (QED) is 0.172. The Morgan fingerprint density at radius 3 is 2.48 bits per heavy atom. The number of allylic oxidation sites excluding steroid dienone is 1. The lowest BCUT2D eigenvalue weighted by atomic mass is 9.70. The second-order valence-corrected chi connectivity index (χ2v) is 12.8. The summed E-state index contributed by atoms with van der Waals surface area (Å²) in [5.41, 5.74) is -1.25. The van der Waals surface area contributed by atoms with Crippen LogP contribution in [0.4, 0.5) is 0 Å². The Morgan fingerprint density at radius 1 is 1.25 bits per heavy atom. The van der Waals surface area contributed by atoms with Crippen molar-refractivity contribution in [2.75, 3.05) is 19.7 Å². The molecule has 1 spiro atoms. The molecule has 10 nitrogen and oxygen atoms in total. The lowest BCUT2D eigenvalue weighted by molar-refractivity contribution is -0.160. The average molecular weight is 627 g/mol. The molecule has 3 rings (SSSR count). The molecule has 3 aliphatic rings. The molecule has 3 heterocycles. The predicted octanol–water partition coefficient (Wildman–Crippen LogP) is 2.19. The van der Waals surface area contributed by atoms with E-state index in [4.69, 9.17) is 9.47 Å². The molecular weight excluding hydrogens is 582 g/mol. The number of nitrogens with zero attached hydrogens (tertiary/aromatic N) is 2. The summed E-state index contributed by atoms with van der Waals surface area (Å²) in [6.07, 6.45) is 3.18. The highest BCUT2D eigenvalue weighted by Crippen LogP contribution is 2.61. The summed E-state index contributed by atoms with van der Waals surface area (Å²) in [4.78, 5) is 56.9. The fraction of sp³-hybridized carbons (Fsp3) is 0.724. The Hall–Kier alpha value is -2.24. The van der Waals surface area contributed by atoms with Crippen LogP contribution in [0, 0.1) is 17.8 Å². The number of likely N-dealkylation sites (tertiary alicyclic amines) is 1. The summed E-state index contributed by atoms with van der Waals surface area (Å²) in [5.74, 6) is -3.49. The highest BCUT2D eigenvalue weighted by molar-refractivity contribution is 9.09. The first-order valence-electron chi connectivity index (χ1n) is 14.1. The molecule has 8 atom stereocenters. The molecule has 224 valence electrons. The molecule has 3 fully saturated rings. The van der Waals surface area contributed by atoms with Gasteiger partial charge < -0.3 is 29.7 Å². The van der Waals surface area contributed by atoms with Crippen molar-refractivity contribution in [3.8, 4) is 0 Å². The first-order chi connectivity index (χ1) is 18.9. The fourth-order valence-corrected chi connectivity index (χ4v) is 7.29. The zero-order chi connectivity index (χ0) is 29.9. The number of fused-ring (bicyclic) bond motifs is 1. The topological polar surface area (TPSA) is 125 Å². The number of nitrogens with one attached hydrogen (secondary N) is 1. The highest BCUT2D eigenvalue weighted by Gasteiger charge is 2.77. The van der Waals surface area contributed by atoms with E-state index in [1.54, 1.807) is 24.0 Å². The van der Waals surface area contributed by atoms with E-state index >= 15 is 0 Å². The number of halogens is 1. The van der Waals surface area contributed by atoms with Crippen molar-refractivity contribution in [3.05, 3.63) is 25.3 Å². The molecule has 0 aliphatic carbocycles. The lowest BCUT2D eigenvalue weighted by Crippen LogP contribution is -2.60. The van der Waals surface area contributed by atoms with Crippen molar-refractivity contribution < 1.29 is 33.8 Å². The van der Waals surface area contributed by atoms with Gasteiger partial charge in [0, 0.05) is 23.8 Å². The van der Waals surface area contributed by atoms with Gasteiger partial charge in [-0.2, -0.15) is 0 Å². The van der Waals surface area contributed by atoms with Gasteiger partial charge in [0.15, 0.2) is 0 Å². The third kappa shape index (κ3) is 5.87. The molecule has 40 heavy (non-hydrogen) atoms. The van der Waals surface area contributed by atoms with Crippen LogP contribution in [-0.2, 0) is 28.7 Å². The second kappa shape index (κ2) is 13.2. The Labute approximate surface area is 245 Å². The molecule has 0 radical (unpaired) electrons. The standard InChI is InChI=1S/C29H44BrN3O7/c1-8-10-11-21(35)31-14-18(7)39-28(38)22-23-26(36)33(20(15-34)16(3)4)25(27(37)32(12-9-2)17(5)6)29(23)13-19(30)24(22)40-29/h8-9,16-20,22-25,34H,1-2,10-15H2,3-7H3,(H,31,35)/t18-,19?,20+,22-,23+,24-,25-,29+/m1/s1. The third-order valence-electron chi connectivity index (χ3n) is 8.26. The Morgan fingerprint density at radius 2 is 1.93 bits per heavy atom. The number of alkyl halides is 1. The largest absolute Gasteiger partial charge is 0.460 e. The van der Waals surface area contributed by atoms with E-state index in [0.29, 0.717) is 19.3 Å². The minimum Gasteiger partial charge on any atom is -0.460 e. The second-order valence-electron chi connectivity index (χ2n) is 11.7. The van der Waals surface area contributed by atoms with Crippen LogP contribution < -0.4 is 5.32 Å². The van der Waals surface area contributed by atoms with E-state index in [9.17, 15) is 24.3 Å². The molecule has 3 saturated heterocycles. The van der Waals surface area contributed by atoms with Gasteiger partial charge in [-0.1, -0.05) is 41.9 Å². The normalized spacial score (nSPS) is 30.3. The van der Waals surface area contributed by atoms with Gasteiger partial charge in [-0.3, -0.25) is 19.2 Å². The van der Waals surface area contributed by atoms with Crippen LogP contribution in [0.1, 0.15) is 53.9 Å². The molecule has 3 amide bonds. The van der Waals surface area contributed by atoms with Crippen LogP contribution in [0.15, 0.2) is 25.3 Å². The van der Waals surface area contributed by atoms with Crippen molar-refractivity contribution in [3.63, 3.8) is 0 Å². The fourth-order valence-electron chi connectivity index (χ4n) is 6.34. The van der Waals surface area contributed by atoms with E-state index in [-0.39, 0.29) is 54.2 Å². The number of hydrogen-bond donors (Lipinski definition) is 2. The molecular formula is C29H44BrN3O7. The van der Waals surface area contributed by atoms with Crippen LogP contribution in [0.3, 0.4) is 0 Å². The Balaban J connectivity index is 1.95. The van der Waals surface area contributed by atoms with Crippen molar-refractivity contribution in [1.29, 1.82) is 0 Å². The Kier molecular flexibility index (Phi) is 10.6.